The SMILES string of the molecule is CCN(c1cccc(O)c1)S(=O)(=O)CC. The van der Waals surface area contributed by atoms with Crippen molar-refractivity contribution in [2.45, 2.75) is 13.8 Å². The van der Waals surface area contributed by atoms with Gasteiger partial charge in [0.25, 0.3) is 0 Å². The molecular formula is C10H15NO3S. The summed E-state index contributed by atoms with van der Waals surface area (Å²) in [6, 6.07) is 6.24. The molecule has 5 heteroatoms. The molecule has 15 heavy (non-hydrogen) atoms. The van der Waals surface area contributed by atoms with Gasteiger partial charge in [0.2, 0.25) is 10.0 Å². The smallest absolute Gasteiger partial charge is 0.234 e. The Labute approximate surface area is 90.2 Å². The number of hydrogen-bond donors (Lipinski definition) is 1. The van der Waals surface area contributed by atoms with E-state index in [1.807, 2.05) is 0 Å². The minimum atomic E-state index is -3.26. The summed E-state index contributed by atoms with van der Waals surface area (Å²) in [5.41, 5.74) is 0.499. The average Bonchev–Trinajstić information content (AvgIpc) is 2.18. The molecule has 1 rings (SSSR count). The molecule has 4 nitrogen and oxygen atoms in total. The minimum Gasteiger partial charge on any atom is -0.508 e. The van der Waals surface area contributed by atoms with Gasteiger partial charge in [-0.25, -0.2) is 8.42 Å². The van der Waals surface area contributed by atoms with Crippen molar-refractivity contribution < 1.29 is 13.5 Å². The highest BCUT2D eigenvalue weighted by Crippen LogP contribution is 2.22. The molecule has 0 heterocycles. The second kappa shape index (κ2) is 4.53. The van der Waals surface area contributed by atoms with E-state index < -0.39 is 10.0 Å². The Kier molecular flexibility index (Phi) is 3.57. The van der Waals surface area contributed by atoms with Crippen LogP contribution in [0.2, 0.25) is 0 Å². The van der Waals surface area contributed by atoms with E-state index in [1.54, 1.807) is 26.0 Å². The molecule has 0 amide bonds. The van der Waals surface area contributed by atoms with Gasteiger partial charge in [-0.05, 0) is 26.0 Å². The van der Waals surface area contributed by atoms with Gasteiger partial charge < -0.3 is 5.11 Å². The van der Waals surface area contributed by atoms with E-state index in [1.165, 1.54) is 16.4 Å². The predicted octanol–water partition coefficient (Wildman–Crippen LogP) is 1.57. The topological polar surface area (TPSA) is 57.6 Å². The molecule has 0 radical (unpaired) electrons. The molecule has 0 atom stereocenters. The number of anilines is 1. The molecule has 0 saturated carbocycles. The van der Waals surface area contributed by atoms with Crippen LogP contribution in [0.25, 0.3) is 0 Å². The summed E-state index contributed by atoms with van der Waals surface area (Å²) in [6.45, 7) is 3.72. The van der Waals surface area contributed by atoms with Crippen molar-refractivity contribution in [3.8, 4) is 5.75 Å². The second-order valence-electron chi connectivity index (χ2n) is 3.09. The molecule has 0 unspecified atom stereocenters. The predicted molar refractivity (Wildman–Crippen MR) is 60.6 cm³/mol. The zero-order valence-electron chi connectivity index (χ0n) is 8.84. The van der Waals surface area contributed by atoms with Crippen molar-refractivity contribution in [3.63, 3.8) is 0 Å². The van der Waals surface area contributed by atoms with Gasteiger partial charge in [-0.15, -0.1) is 0 Å². The van der Waals surface area contributed by atoms with Crippen molar-refractivity contribution in [1.82, 2.24) is 0 Å². The van der Waals surface area contributed by atoms with E-state index in [4.69, 9.17) is 0 Å². The van der Waals surface area contributed by atoms with E-state index in [0.717, 1.165) is 0 Å². The lowest BCUT2D eigenvalue weighted by Crippen LogP contribution is -2.31. The summed E-state index contributed by atoms with van der Waals surface area (Å²) in [4.78, 5) is 0. The molecule has 0 fully saturated rings. The summed E-state index contributed by atoms with van der Waals surface area (Å²) in [5, 5.41) is 9.27. The fourth-order valence-corrected chi connectivity index (χ4v) is 2.48. The zero-order chi connectivity index (χ0) is 11.5. The van der Waals surface area contributed by atoms with Crippen LogP contribution in [0.4, 0.5) is 5.69 Å². The van der Waals surface area contributed by atoms with E-state index in [0.29, 0.717) is 12.2 Å². The zero-order valence-corrected chi connectivity index (χ0v) is 9.66. The third-order valence-corrected chi connectivity index (χ3v) is 3.98. The molecule has 0 aliphatic rings. The van der Waals surface area contributed by atoms with Gasteiger partial charge in [0.1, 0.15) is 5.75 Å². The van der Waals surface area contributed by atoms with Crippen LogP contribution in [-0.4, -0.2) is 25.8 Å². The van der Waals surface area contributed by atoms with Crippen LogP contribution in [0.3, 0.4) is 0 Å². The first-order chi connectivity index (χ1) is 7.01. The van der Waals surface area contributed by atoms with Crippen molar-refractivity contribution >= 4 is 15.7 Å². The number of hydrogen-bond acceptors (Lipinski definition) is 3. The van der Waals surface area contributed by atoms with Crippen LogP contribution in [0.15, 0.2) is 24.3 Å². The Bertz CT molecular complexity index is 428. The first-order valence-corrected chi connectivity index (χ1v) is 6.41. The average molecular weight is 229 g/mol. The standard InChI is InChI=1S/C10H15NO3S/c1-3-11(15(13,14)4-2)9-6-5-7-10(12)8-9/h5-8,12H,3-4H2,1-2H3. The normalized spacial score (nSPS) is 11.3. The summed E-state index contributed by atoms with van der Waals surface area (Å²) in [6.07, 6.45) is 0. The number of sulfonamides is 1. The van der Waals surface area contributed by atoms with Crippen molar-refractivity contribution in [2.24, 2.45) is 0 Å². The summed E-state index contributed by atoms with van der Waals surface area (Å²) < 4.78 is 24.7. The Hall–Kier alpha value is -1.23. The molecule has 0 aromatic heterocycles. The molecular weight excluding hydrogens is 214 g/mol. The maximum absolute atomic E-state index is 11.7. The third-order valence-electron chi connectivity index (χ3n) is 2.11. The summed E-state index contributed by atoms with van der Waals surface area (Å²) in [7, 11) is -3.26. The molecule has 1 N–H and O–H groups in total. The molecule has 1 aromatic carbocycles. The number of phenols is 1. The highest BCUT2D eigenvalue weighted by molar-refractivity contribution is 7.92. The van der Waals surface area contributed by atoms with E-state index in [9.17, 15) is 13.5 Å². The molecule has 0 saturated heterocycles. The van der Waals surface area contributed by atoms with Gasteiger partial charge >= 0.3 is 0 Å². The lowest BCUT2D eigenvalue weighted by molar-refractivity contribution is 0.475. The first kappa shape index (κ1) is 11.8. The summed E-state index contributed by atoms with van der Waals surface area (Å²) in [5.74, 6) is 0.119. The van der Waals surface area contributed by atoms with Crippen molar-refractivity contribution in [1.29, 1.82) is 0 Å². The Balaban J connectivity index is 3.14. The van der Waals surface area contributed by atoms with Crippen LogP contribution < -0.4 is 4.31 Å². The minimum absolute atomic E-state index is 0.0521. The quantitative estimate of drug-likeness (QED) is 0.852. The van der Waals surface area contributed by atoms with Crippen molar-refractivity contribution in [3.05, 3.63) is 24.3 Å². The number of aromatic hydroxyl groups is 1. The Morgan fingerprint density at radius 3 is 2.47 bits per heavy atom. The van der Waals surface area contributed by atoms with Gasteiger partial charge in [-0.2, -0.15) is 0 Å². The van der Waals surface area contributed by atoms with E-state index in [-0.39, 0.29) is 11.5 Å². The fraction of sp³-hybridized carbons (Fsp3) is 0.400. The van der Waals surface area contributed by atoms with E-state index in [2.05, 4.69) is 0 Å². The van der Waals surface area contributed by atoms with Gasteiger partial charge in [-0.3, -0.25) is 4.31 Å². The van der Waals surface area contributed by atoms with Crippen LogP contribution >= 0.6 is 0 Å². The molecule has 1 aromatic rings. The molecule has 0 bridgehead atoms. The third kappa shape index (κ3) is 2.62. The van der Waals surface area contributed by atoms with Crippen LogP contribution in [0.1, 0.15) is 13.8 Å². The van der Waals surface area contributed by atoms with Gasteiger partial charge in [0.15, 0.2) is 0 Å². The van der Waals surface area contributed by atoms with Gasteiger partial charge in [0.05, 0.1) is 11.4 Å². The second-order valence-corrected chi connectivity index (χ2v) is 5.27. The molecule has 0 spiro atoms. The molecule has 84 valence electrons. The maximum Gasteiger partial charge on any atom is 0.234 e. The van der Waals surface area contributed by atoms with Crippen LogP contribution in [-0.2, 0) is 10.0 Å². The largest absolute Gasteiger partial charge is 0.508 e. The van der Waals surface area contributed by atoms with Crippen molar-refractivity contribution in [2.75, 3.05) is 16.6 Å². The Morgan fingerprint density at radius 2 is 2.00 bits per heavy atom. The monoisotopic (exact) mass is 229 g/mol. The number of benzene rings is 1. The molecule has 0 aliphatic heterocycles. The van der Waals surface area contributed by atoms with Crippen LogP contribution in [0.5, 0.6) is 5.75 Å². The number of phenolic OH excluding ortho intramolecular Hbond substituents is 1. The lowest BCUT2D eigenvalue weighted by Gasteiger charge is -2.21. The Morgan fingerprint density at radius 1 is 1.33 bits per heavy atom. The van der Waals surface area contributed by atoms with Gasteiger partial charge in [0, 0.05) is 12.6 Å². The first-order valence-electron chi connectivity index (χ1n) is 4.80. The highest BCUT2D eigenvalue weighted by atomic mass is 32.2. The van der Waals surface area contributed by atoms with Gasteiger partial charge in [-0.1, -0.05) is 6.07 Å². The summed E-state index contributed by atoms with van der Waals surface area (Å²) >= 11 is 0. The van der Waals surface area contributed by atoms with E-state index >= 15 is 0 Å². The highest BCUT2D eigenvalue weighted by Gasteiger charge is 2.18. The lowest BCUT2D eigenvalue weighted by atomic mass is 10.3. The fourth-order valence-electron chi connectivity index (χ4n) is 1.34. The maximum atomic E-state index is 11.7. The number of rotatable bonds is 4. The van der Waals surface area contributed by atoms with Crippen LogP contribution in [0, 0.1) is 0 Å². The number of nitrogens with zero attached hydrogens (tertiary/aromatic N) is 1. The molecule has 0 aliphatic carbocycles.